The molecule has 2 heterocycles. The zero-order valence-electron chi connectivity index (χ0n) is 28.5. The van der Waals surface area contributed by atoms with Crippen molar-refractivity contribution in [2.45, 2.75) is 103 Å². The van der Waals surface area contributed by atoms with Crippen LogP contribution in [0.3, 0.4) is 0 Å². The largest absolute Gasteiger partial charge is 0.457 e. The van der Waals surface area contributed by atoms with Crippen molar-refractivity contribution in [1.29, 1.82) is 0 Å². The molecule has 3 rings (SSSR count). The fraction of sp³-hybridized carbons (Fsp3) is 0.733. The molecule has 1 aromatic carbocycles. The van der Waals surface area contributed by atoms with Gasteiger partial charge in [0, 0.05) is 38.1 Å². The molecule has 2 saturated heterocycles. The fourth-order valence-electron chi connectivity index (χ4n) is 5.44. The van der Waals surface area contributed by atoms with E-state index in [-0.39, 0.29) is 19.6 Å². The van der Waals surface area contributed by atoms with E-state index in [4.69, 9.17) is 18.8 Å². The summed E-state index contributed by atoms with van der Waals surface area (Å²) in [6.45, 7) is 14.2. The van der Waals surface area contributed by atoms with E-state index in [0.29, 0.717) is 19.2 Å². The maximum Gasteiger partial charge on any atom is 0.457 e. The van der Waals surface area contributed by atoms with Crippen molar-refractivity contribution in [1.82, 2.24) is 13.9 Å². The first-order valence-electron chi connectivity index (χ1n) is 15.6. The summed E-state index contributed by atoms with van der Waals surface area (Å²) in [7, 11) is -3.25. The molecule has 0 spiro atoms. The first kappa shape index (κ1) is 37.6. The summed E-state index contributed by atoms with van der Waals surface area (Å²) in [5, 5.41) is 6.52. The Hall–Kier alpha value is -2.88. The van der Waals surface area contributed by atoms with E-state index in [1.165, 1.54) is 7.05 Å². The highest BCUT2D eigenvalue weighted by atomic mass is 32.2. The lowest BCUT2D eigenvalue weighted by Gasteiger charge is -2.32. The molecule has 0 saturated carbocycles. The minimum absolute atomic E-state index is 0.00583. The Morgan fingerprint density at radius 1 is 1.20 bits per heavy atom. The maximum absolute atomic E-state index is 13.9. The van der Waals surface area contributed by atoms with Crippen LogP contribution in [0, 0.1) is 5.92 Å². The number of nitrogens with zero attached hydrogens (tertiary/aromatic N) is 5. The average molecular weight is 665 g/mol. The van der Waals surface area contributed by atoms with Crippen molar-refractivity contribution in [3.8, 4) is 0 Å². The second kappa shape index (κ2) is 14.5. The van der Waals surface area contributed by atoms with Gasteiger partial charge in [0.15, 0.2) is 5.54 Å². The van der Waals surface area contributed by atoms with Crippen LogP contribution in [-0.2, 0) is 33.8 Å². The van der Waals surface area contributed by atoms with Gasteiger partial charge < -0.3 is 24.1 Å². The van der Waals surface area contributed by atoms with E-state index >= 15 is 0 Å². The monoisotopic (exact) mass is 664 g/mol. The Kier molecular flexibility index (Phi) is 11.8. The second-order valence-electron chi connectivity index (χ2n) is 13.9. The summed E-state index contributed by atoms with van der Waals surface area (Å²) in [6.07, 6.45) is 0.00776. The van der Waals surface area contributed by atoms with Gasteiger partial charge in [0.25, 0.3) is 10.2 Å². The zero-order chi connectivity index (χ0) is 34.6. The van der Waals surface area contributed by atoms with Gasteiger partial charge >= 0.3 is 19.2 Å². The number of carbonyl (C=O) groups is 2. The van der Waals surface area contributed by atoms with Crippen LogP contribution in [0.4, 0.5) is 4.79 Å². The normalized spacial score (nSPS) is 23.5. The Balaban J connectivity index is 1.80. The second-order valence-corrected chi connectivity index (χ2v) is 16.0. The minimum Gasteiger partial charge on any atom is -0.457 e. The number of esters is 1. The van der Waals surface area contributed by atoms with Crippen LogP contribution in [0.5, 0.6) is 0 Å². The average Bonchev–Trinajstić information content (AvgIpc) is 3.41. The molecule has 0 aromatic heterocycles. The summed E-state index contributed by atoms with van der Waals surface area (Å²) >= 11 is 0. The van der Waals surface area contributed by atoms with Crippen molar-refractivity contribution in [2.24, 2.45) is 11.0 Å². The van der Waals surface area contributed by atoms with E-state index in [2.05, 4.69) is 15.3 Å². The zero-order valence-corrected chi connectivity index (χ0v) is 29.3. The number of rotatable bonds is 13. The first-order chi connectivity index (χ1) is 21.2. The Morgan fingerprint density at radius 3 is 2.37 bits per heavy atom. The summed E-state index contributed by atoms with van der Waals surface area (Å²) in [6, 6.07) is 9.10. The number of ether oxygens (including phenoxy) is 2. The van der Waals surface area contributed by atoms with E-state index in [0.717, 1.165) is 14.2 Å². The lowest BCUT2D eigenvalue weighted by molar-refractivity contribution is -0.156. The van der Waals surface area contributed by atoms with Crippen LogP contribution in [0.2, 0.25) is 6.32 Å². The van der Waals surface area contributed by atoms with Gasteiger partial charge in [0.2, 0.25) is 0 Å². The first-order valence-corrected chi connectivity index (χ1v) is 17.0. The SMILES string of the molecule is C[C@@H](OC(=O)C1(N=[N+]=[N-])CN(S(=O)(=O)N(C)CCNC(=O)OC(C)(C)C)C[C@@H]1CCCB1OC(C)(C)C(C)(C)O1)c1ccccc1. The number of azide groups is 1. The number of amides is 1. The molecule has 0 aliphatic carbocycles. The number of alkyl carbamates (subject to hydrolysis) is 1. The van der Waals surface area contributed by atoms with E-state index in [9.17, 15) is 23.5 Å². The number of nitrogens with one attached hydrogen (secondary N) is 1. The maximum atomic E-state index is 13.9. The molecule has 1 N–H and O–H groups in total. The molecule has 46 heavy (non-hydrogen) atoms. The molecule has 2 aliphatic rings. The predicted octanol–water partition coefficient (Wildman–Crippen LogP) is 4.85. The van der Waals surface area contributed by atoms with Crippen LogP contribution in [-0.4, -0.2) is 91.8 Å². The van der Waals surface area contributed by atoms with E-state index in [1.54, 1.807) is 27.7 Å². The predicted molar refractivity (Wildman–Crippen MR) is 174 cm³/mol. The third-order valence-electron chi connectivity index (χ3n) is 8.76. The Morgan fingerprint density at radius 2 is 1.80 bits per heavy atom. The van der Waals surface area contributed by atoms with Crippen molar-refractivity contribution in [2.75, 3.05) is 33.2 Å². The quantitative estimate of drug-likeness (QED) is 0.103. The molecule has 1 aromatic rings. The van der Waals surface area contributed by atoms with Gasteiger partial charge in [0.05, 0.1) is 11.2 Å². The van der Waals surface area contributed by atoms with Crippen LogP contribution in [0.15, 0.2) is 35.4 Å². The molecule has 0 bridgehead atoms. The Bertz CT molecular complexity index is 1370. The van der Waals surface area contributed by atoms with Crippen molar-refractivity contribution in [3.05, 3.63) is 46.3 Å². The molecule has 1 unspecified atom stereocenters. The van der Waals surface area contributed by atoms with Gasteiger partial charge in [-0.3, -0.25) is 4.79 Å². The molecule has 2 aliphatic heterocycles. The number of hydrogen-bond donors (Lipinski definition) is 1. The molecular formula is C30H49BN6O8S. The third kappa shape index (κ3) is 8.93. The van der Waals surface area contributed by atoms with Crippen LogP contribution in [0.1, 0.15) is 79.9 Å². The highest BCUT2D eigenvalue weighted by Crippen LogP contribution is 2.41. The number of hydrogen-bond acceptors (Lipinski definition) is 9. The molecule has 0 radical (unpaired) electrons. The molecule has 3 atom stereocenters. The van der Waals surface area contributed by atoms with Gasteiger partial charge in [0.1, 0.15) is 11.7 Å². The fourth-order valence-corrected chi connectivity index (χ4v) is 6.89. The Labute approximate surface area is 273 Å². The molecule has 16 heteroatoms. The summed E-state index contributed by atoms with van der Waals surface area (Å²) in [5.74, 6) is -1.49. The highest BCUT2D eigenvalue weighted by Gasteiger charge is 2.57. The van der Waals surface area contributed by atoms with E-state index in [1.807, 2.05) is 58.0 Å². The molecule has 1 amide bonds. The van der Waals surface area contributed by atoms with Crippen molar-refractivity contribution >= 4 is 29.4 Å². The number of likely N-dealkylation sites (N-methyl/N-ethyl adjacent to an activating group) is 1. The smallest absolute Gasteiger partial charge is 0.457 e. The summed E-state index contributed by atoms with van der Waals surface area (Å²) in [4.78, 5) is 29.0. The summed E-state index contributed by atoms with van der Waals surface area (Å²) < 4.78 is 53.0. The molecule has 2 fully saturated rings. The van der Waals surface area contributed by atoms with Gasteiger partial charge in [-0.25, -0.2) is 4.79 Å². The van der Waals surface area contributed by atoms with Crippen molar-refractivity contribution < 1.29 is 36.8 Å². The lowest BCUT2D eigenvalue weighted by Crippen LogP contribution is -2.48. The molecule has 256 valence electrons. The van der Waals surface area contributed by atoms with Gasteiger partial charge in [-0.2, -0.15) is 17.0 Å². The van der Waals surface area contributed by atoms with Gasteiger partial charge in [-0.05, 0) is 85.1 Å². The van der Waals surface area contributed by atoms with Crippen LogP contribution >= 0.6 is 0 Å². The van der Waals surface area contributed by atoms with Crippen LogP contribution < -0.4 is 5.32 Å². The third-order valence-corrected chi connectivity index (χ3v) is 10.7. The number of carbonyl (C=O) groups excluding carboxylic acids is 2. The topological polar surface area (TPSA) is 172 Å². The van der Waals surface area contributed by atoms with Crippen molar-refractivity contribution in [3.63, 3.8) is 0 Å². The molecular weight excluding hydrogens is 615 g/mol. The standard InChI is InChI=1S/C30H49BN6O8S/c1-22(23-14-11-10-12-15-23)42-25(38)30(34-35-32)21-37(46(40,41)36(9)19-18-33-26(39)43-27(2,3)4)20-24(30)16-13-17-31-44-28(5,6)29(7,8)45-31/h10-12,14-15,22,24H,13,16-21H2,1-9H3,(H,33,39)/t22-,24+,30?/m1/s1. The van der Waals surface area contributed by atoms with Crippen LogP contribution in [0.25, 0.3) is 10.4 Å². The van der Waals surface area contributed by atoms with E-state index < -0.39 is 70.3 Å². The van der Waals surface area contributed by atoms with Gasteiger partial charge in [-0.1, -0.05) is 41.9 Å². The summed E-state index contributed by atoms with van der Waals surface area (Å²) in [5.41, 5.74) is 6.86. The number of benzene rings is 1. The van der Waals surface area contributed by atoms with Gasteiger partial charge in [-0.15, -0.1) is 0 Å². The molecule has 14 nitrogen and oxygen atoms in total. The lowest BCUT2D eigenvalue weighted by atomic mass is 9.78. The highest BCUT2D eigenvalue weighted by molar-refractivity contribution is 7.86. The minimum atomic E-state index is -4.15.